The maximum atomic E-state index is 3.67. The Labute approximate surface area is 119 Å². The summed E-state index contributed by atoms with van der Waals surface area (Å²) in [4.78, 5) is 5.23. The van der Waals surface area contributed by atoms with Gasteiger partial charge in [0.15, 0.2) is 0 Å². The number of hydrogen-bond donors (Lipinski definition) is 1. The summed E-state index contributed by atoms with van der Waals surface area (Å²) in [5, 5.41) is 3.67. The molecule has 2 fully saturated rings. The van der Waals surface area contributed by atoms with E-state index in [1.807, 2.05) is 0 Å². The third-order valence-electron chi connectivity index (χ3n) is 4.81. The Morgan fingerprint density at radius 3 is 2.37 bits per heavy atom. The van der Waals surface area contributed by atoms with Crippen LogP contribution in [-0.2, 0) is 0 Å². The number of likely N-dealkylation sites (tertiary alicyclic amines) is 1. The maximum Gasteiger partial charge on any atom is 0.0133 e. The van der Waals surface area contributed by atoms with Crippen molar-refractivity contribution in [3.63, 3.8) is 0 Å². The topological polar surface area (TPSA) is 18.5 Å². The van der Waals surface area contributed by atoms with Crippen LogP contribution in [0.2, 0.25) is 0 Å². The summed E-state index contributed by atoms with van der Waals surface area (Å²) >= 11 is 0. The van der Waals surface area contributed by atoms with Crippen LogP contribution in [-0.4, -0.2) is 61.2 Å². The van der Waals surface area contributed by atoms with Gasteiger partial charge in [-0.25, -0.2) is 0 Å². The van der Waals surface area contributed by atoms with Crippen molar-refractivity contribution in [2.75, 3.05) is 39.8 Å². The van der Waals surface area contributed by atoms with E-state index in [-0.39, 0.29) is 5.54 Å². The van der Waals surface area contributed by atoms with Gasteiger partial charge in [-0.1, -0.05) is 0 Å². The molecular weight excluding hydrogens is 234 g/mol. The van der Waals surface area contributed by atoms with E-state index in [9.17, 15) is 0 Å². The highest BCUT2D eigenvalue weighted by molar-refractivity contribution is 4.90. The lowest BCUT2D eigenvalue weighted by molar-refractivity contribution is 0.0724. The Balaban J connectivity index is 1.65. The standard InChI is InChI=1S/C16H33N3/c1-16(2,3)17-13-14-7-8-15(14)18(4)11-12-19-9-5-6-10-19/h14-15,17H,5-13H2,1-4H3. The average molecular weight is 267 g/mol. The molecule has 0 aromatic heterocycles. The van der Waals surface area contributed by atoms with Crippen LogP contribution in [0.1, 0.15) is 46.5 Å². The van der Waals surface area contributed by atoms with Crippen LogP contribution in [0.25, 0.3) is 0 Å². The van der Waals surface area contributed by atoms with Gasteiger partial charge >= 0.3 is 0 Å². The number of nitrogens with zero attached hydrogens (tertiary/aromatic N) is 2. The first-order valence-electron chi connectivity index (χ1n) is 8.13. The van der Waals surface area contributed by atoms with Crippen LogP contribution >= 0.6 is 0 Å². The zero-order valence-corrected chi connectivity index (χ0v) is 13.4. The smallest absolute Gasteiger partial charge is 0.0133 e. The summed E-state index contributed by atoms with van der Waals surface area (Å²) in [7, 11) is 2.32. The summed E-state index contributed by atoms with van der Waals surface area (Å²) in [6, 6.07) is 0.817. The minimum Gasteiger partial charge on any atom is -0.312 e. The van der Waals surface area contributed by atoms with Crippen LogP contribution in [0.15, 0.2) is 0 Å². The van der Waals surface area contributed by atoms with E-state index >= 15 is 0 Å². The molecule has 1 aliphatic carbocycles. The molecule has 112 valence electrons. The molecule has 2 unspecified atom stereocenters. The van der Waals surface area contributed by atoms with Crippen molar-refractivity contribution in [2.45, 2.75) is 58.0 Å². The van der Waals surface area contributed by atoms with Gasteiger partial charge in [-0.05, 0) is 79.1 Å². The molecule has 2 aliphatic rings. The zero-order chi connectivity index (χ0) is 13.9. The Hall–Kier alpha value is -0.120. The minimum absolute atomic E-state index is 0.258. The molecule has 0 amide bonds. The molecule has 2 atom stereocenters. The van der Waals surface area contributed by atoms with Gasteiger partial charge in [0.2, 0.25) is 0 Å². The highest BCUT2D eigenvalue weighted by atomic mass is 15.2. The number of hydrogen-bond acceptors (Lipinski definition) is 3. The fraction of sp³-hybridized carbons (Fsp3) is 1.00. The van der Waals surface area contributed by atoms with Crippen LogP contribution < -0.4 is 5.32 Å². The number of rotatable bonds is 6. The van der Waals surface area contributed by atoms with Crippen molar-refractivity contribution in [1.29, 1.82) is 0 Å². The van der Waals surface area contributed by atoms with Gasteiger partial charge in [-0.3, -0.25) is 0 Å². The van der Waals surface area contributed by atoms with Gasteiger partial charge in [0, 0.05) is 24.7 Å². The molecule has 0 bridgehead atoms. The Kier molecular flexibility index (Phi) is 5.27. The normalized spacial score (nSPS) is 28.9. The van der Waals surface area contributed by atoms with E-state index in [1.54, 1.807) is 0 Å². The van der Waals surface area contributed by atoms with Crippen molar-refractivity contribution in [3.05, 3.63) is 0 Å². The molecular formula is C16H33N3. The van der Waals surface area contributed by atoms with Crippen LogP contribution in [0.5, 0.6) is 0 Å². The monoisotopic (exact) mass is 267 g/mol. The predicted octanol–water partition coefficient (Wildman–Crippen LogP) is 2.18. The fourth-order valence-electron chi connectivity index (χ4n) is 3.28. The lowest BCUT2D eigenvalue weighted by Crippen LogP contribution is -2.52. The van der Waals surface area contributed by atoms with E-state index in [0.29, 0.717) is 0 Å². The largest absolute Gasteiger partial charge is 0.312 e. The highest BCUT2D eigenvalue weighted by Crippen LogP contribution is 2.31. The van der Waals surface area contributed by atoms with Gasteiger partial charge in [0.1, 0.15) is 0 Å². The summed E-state index contributed by atoms with van der Waals surface area (Å²) < 4.78 is 0. The van der Waals surface area contributed by atoms with E-state index in [1.165, 1.54) is 58.4 Å². The molecule has 2 rings (SSSR count). The van der Waals surface area contributed by atoms with Crippen LogP contribution in [0.4, 0.5) is 0 Å². The molecule has 0 aromatic carbocycles. The molecule has 1 N–H and O–H groups in total. The van der Waals surface area contributed by atoms with E-state index in [4.69, 9.17) is 0 Å². The summed E-state index contributed by atoms with van der Waals surface area (Å²) in [5.74, 6) is 0.864. The van der Waals surface area contributed by atoms with E-state index in [2.05, 4.69) is 42.9 Å². The van der Waals surface area contributed by atoms with E-state index in [0.717, 1.165) is 12.0 Å². The molecule has 19 heavy (non-hydrogen) atoms. The number of likely N-dealkylation sites (N-methyl/N-ethyl adjacent to an activating group) is 1. The first-order valence-corrected chi connectivity index (χ1v) is 8.13. The van der Waals surface area contributed by atoms with Crippen molar-refractivity contribution in [2.24, 2.45) is 5.92 Å². The molecule has 1 aliphatic heterocycles. The van der Waals surface area contributed by atoms with Crippen molar-refractivity contribution >= 4 is 0 Å². The average Bonchev–Trinajstić information content (AvgIpc) is 2.76. The van der Waals surface area contributed by atoms with Gasteiger partial charge in [0.25, 0.3) is 0 Å². The Bertz CT molecular complexity index is 266. The van der Waals surface area contributed by atoms with Crippen molar-refractivity contribution in [1.82, 2.24) is 15.1 Å². The molecule has 3 nitrogen and oxygen atoms in total. The van der Waals surface area contributed by atoms with Gasteiger partial charge < -0.3 is 15.1 Å². The predicted molar refractivity (Wildman–Crippen MR) is 82.6 cm³/mol. The summed E-state index contributed by atoms with van der Waals surface area (Å²) in [6.45, 7) is 13.1. The Morgan fingerprint density at radius 1 is 1.16 bits per heavy atom. The van der Waals surface area contributed by atoms with Gasteiger partial charge in [-0.2, -0.15) is 0 Å². The SMILES string of the molecule is CN(CCN1CCCC1)C1CCC1CNC(C)(C)C. The Morgan fingerprint density at radius 2 is 1.84 bits per heavy atom. The second-order valence-corrected chi connectivity index (χ2v) is 7.57. The lowest BCUT2D eigenvalue weighted by Gasteiger charge is -2.44. The second kappa shape index (κ2) is 6.55. The van der Waals surface area contributed by atoms with Gasteiger partial charge in [-0.15, -0.1) is 0 Å². The molecule has 0 radical (unpaired) electrons. The lowest BCUT2D eigenvalue weighted by atomic mass is 9.78. The fourth-order valence-corrected chi connectivity index (χ4v) is 3.28. The van der Waals surface area contributed by atoms with Crippen LogP contribution in [0.3, 0.4) is 0 Å². The zero-order valence-electron chi connectivity index (χ0n) is 13.4. The molecule has 1 heterocycles. The minimum atomic E-state index is 0.258. The quantitative estimate of drug-likeness (QED) is 0.796. The molecule has 0 spiro atoms. The maximum absolute atomic E-state index is 3.67. The van der Waals surface area contributed by atoms with Gasteiger partial charge in [0.05, 0.1) is 0 Å². The van der Waals surface area contributed by atoms with Crippen LogP contribution in [0, 0.1) is 5.92 Å². The summed E-state index contributed by atoms with van der Waals surface area (Å²) in [6.07, 6.45) is 5.62. The highest BCUT2D eigenvalue weighted by Gasteiger charge is 2.34. The second-order valence-electron chi connectivity index (χ2n) is 7.57. The molecule has 1 saturated carbocycles. The van der Waals surface area contributed by atoms with Crippen molar-refractivity contribution < 1.29 is 0 Å². The first kappa shape index (κ1) is 15.3. The first-order chi connectivity index (χ1) is 8.96. The summed E-state index contributed by atoms with van der Waals surface area (Å²) in [5.41, 5.74) is 0.258. The number of nitrogens with one attached hydrogen (secondary N) is 1. The molecule has 1 saturated heterocycles. The third kappa shape index (κ3) is 4.73. The van der Waals surface area contributed by atoms with E-state index < -0.39 is 0 Å². The third-order valence-corrected chi connectivity index (χ3v) is 4.81. The van der Waals surface area contributed by atoms with Crippen molar-refractivity contribution in [3.8, 4) is 0 Å². The molecule has 3 heteroatoms. The molecule has 0 aromatic rings.